The fourth-order valence-electron chi connectivity index (χ4n) is 2.26. The second-order valence-corrected chi connectivity index (χ2v) is 6.12. The number of hydrogen-bond acceptors (Lipinski definition) is 4. The standard InChI is InChI=1S/C19H24N2O4/c1-4-12(2)16(22)11-20-18(23)14-8-7-13(3)15(10-14)21-19(24)17-6-5-9-25-17/h5-10,12,16,22H,4,11H2,1-3H3,(H,20,23)(H,21,24). The van der Waals surface area contributed by atoms with E-state index in [4.69, 9.17) is 4.42 Å². The highest BCUT2D eigenvalue weighted by Gasteiger charge is 2.16. The van der Waals surface area contributed by atoms with E-state index >= 15 is 0 Å². The normalized spacial score (nSPS) is 13.1. The fourth-order valence-corrected chi connectivity index (χ4v) is 2.26. The smallest absolute Gasteiger partial charge is 0.291 e. The molecule has 3 N–H and O–H groups in total. The molecule has 134 valence electrons. The summed E-state index contributed by atoms with van der Waals surface area (Å²) in [5, 5.41) is 15.4. The van der Waals surface area contributed by atoms with Crippen molar-refractivity contribution < 1.29 is 19.1 Å². The zero-order valence-corrected chi connectivity index (χ0v) is 14.7. The predicted octanol–water partition coefficient (Wildman–Crippen LogP) is 2.98. The van der Waals surface area contributed by atoms with Crippen LogP contribution in [0.5, 0.6) is 0 Å². The SMILES string of the molecule is CCC(C)C(O)CNC(=O)c1ccc(C)c(NC(=O)c2ccco2)c1. The first-order valence-electron chi connectivity index (χ1n) is 8.34. The Morgan fingerprint density at radius 1 is 1.24 bits per heavy atom. The van der Waals surface area contributed by atoms with E-state index < -0.39 is 6.10 Å². The van der Waals surface area contributed by atoms with Crippen molar-refractivity contribution in [1.82, 2.24) is 5.32 Å². The third-order valence-corrected chi connectivity index (χ3v) is 4.27. The molecule has 1 aromatic heterocycles. The van der Waals surface area contributed by atoms with Crippen LogP contribution in [0.1, 0.15) is 46.7 Å². The van der Waals surface area contributed by atoms with Crippen LogP contribution in [0.4, 0.5) is 5.69 Å². The molecule has 0 bridgehead atoms. The van der Waals surface area contributed by atoms with Crippen LogP contribution >= 0.6 is 0 Å². The molecule has 2 amide bonds. The molecule has 0 saturated carbocycles. The Bertz CT molecular complexity index is 725. The van der Waals surface area contributed by atoms with Crippen molar-refractivity contribution in [3.63, 3.8) is 0 Å². The number of rotatable bonds is 7. The third-order valence-electron chi connectivity index (χ3n) is 4.27. The number of anilines is 1. The number of nitrogens with one attached hydrogen (secondary N) is 2. The zero-order chi connectivity index (χ0) is 18.4. The molecular weight excluding hydrogens is 320 g/mol. The van der Waals surface area contributed by atoms with E-state index in [1.54, 1.807) is 30.3 Å². The second kappa shape index (κ2) is 8.48. The van der Waals surface area contributed by atoms with Crippen molar-refractivity contribution in [2.24, 2.45) is 5.92 Å². The average molecular weight is 344 g/mol. The van der Waals surface area contributed by atoms with Gasteiger partial charge in [-0.15, -0.1) is 0 Å². The van der Waals surface area contributed by atoms with Crippen molar-refractivity contribution in [3.05, 3.63) is 53.5 Å². The van der Waals surface area contributed by atoms with Crippen molar-refractivity contribution in [1.29, 1.82) is 0 Å². The number of hydrogen-bond donors (Lipinski definition) is 3. The van der Waals surface area contributed by atoms with Gasteiger partial charge in [0.15, 0.2) is 5.76 Å². The summed E-state index contributed by atoms with van der Waals surface area (Å²) in [7, 11) is 0. The van der Waals surface area contributed by atoms with Crippen LogP contribution in [0.15, 0.2) is 41.0 Å². The van der Waals surface area contributed by atoms with Gasteiger partial charge >= 0.3 is 0 Å². The Morgan fingerprint density at radius 3 is 2.64 bits per heavy atom. The molecule has 0 aliphatic heterocycles. The molecule has 25 heavy (non-hydrogen) atoms. The Kier molecular flexibility index (Phi) is 6.36. The fraction of sp³-hybridized carbons (Fsp3) is 0.368. The van der Waals surface area contributed by atoms with E-state index in [0.717, 1.165) is 12.0 Å². The molecule has 1 aromatic carbocycles. The number of carbonyl (C=O) groups excluding carboxylic acids is 2. The van der Waals surface area contributed by atoms with Gasteiger partial charge in [0, 0.05) is 17.8 Å². The van der Waals surface area contributed by atoms with E-state index in [9.17, 15) is 14.7 Å². The molecule has 2 atom stereocenters. The molecule has 2 rings (SSSR count). The minimum Gasteiger partial charge on any atom is -0.459 e. The summed E-state index contributed by atoms with van der Waals surface area (Å²) in [6, 6.07) is 8.26. The summed E-state index contributed by atoms with van der Waals surface area (Å²) in [5.41, 5.74) is 1.78. The highest BCUT2D eigenvalue weighted by molar-refractivity contribution is 6.03. The van der Waals surface area contributed by atoms with Crippen LogP contribution in [0.2, 0.25) is 0 Å². The van der Waals surface area contributed by atoms with Crippen LogP contribution in [0.3, 0.4) is 0 Å². The number of aliphatic hydroxyl groups excluding tert-OH is 1. The van der Waals surface area contributed by atoms with E-state index in [1.807, 2.05) is 20.8 Å². The highest BCUT2D eigenvalue weighted by Crippen LogP contribution is 2.18. The Morgan fingerprint density at radius 2 is 2.00 bits per heavy atom. The van der Waals surface area contributed by atoms with Gasteiger partial charge in [-0.2, -0.15) is 0 Å². The maximum absolute atomic E-state index is 12.3. The number of aryl methyl sites for hydroxylation is 1. The first-order valence-corrected chi connectivity index (χ1v) is 8.34. The first-order chi connectivity index (χ1) is 11.9. The lowest BCUT2D eigenvalue weighted by Crippen LogP contribution is -2.35. The summed E-state index contributed by atoms with van der Waals surface area (Å²) in [6.07, 6.45) is 1.68. The van der Waals surface area contributed by atoms with Gasteiger partial charge in [-0.05, 0) is 42.7 Å². The molecule has 0 spiro atoms. The minimum atomic E-state index is -0.586. The molecule has 0 aliphatic carbocycles. The molecule has 2 aromatic rings. The number of benzene rings is 1. The molecule has 6 nitrogen and oxygen atoms in total. The van der Waals surface area contributed by atoms with Gasteiger partial charge < -0.3 is 20.2 Å². The van der Waals surface area contributed by atoms with E-state index in [2.05, 4.69) is 10.6 Å². The molecule has 0 aliphatic rings. The maximum Gasteiger partial charge on any atom is 0.291 e. The highest BCUT2D eigenvalue weighted by atomic mass is 16.3. The van der Waals surface area contributed by atoms with Gasteiger partial charge in [-0.3, -0.25) is 9.59 Å². The van der Waals surface area contributed by atoms with Crippen molar-refractivity contribution in [2.75, 3.05) is 11.9 Å². The van der Waals surface area contributed by atoms with E-state index in [-0.39, 0.29) is 30.0 Å². The average Bonchev–Trinajstić information content (AvgIpc) is 3.15. The van der Waals surface area contributed by atoms with Crippen molar-refractivity contribution >= 4 is 17.5 Å². The third kappa shape index (κ3) is 4.93. The quantitative estimate of drug-likeness (QED) is 0.720. The predicted molar refractivity (Wildman–Crippen MR) is 95.6 cm³/mol. The summed E-state index contributed by atoms with van der Waals surface area (Å²) < 4.78 is 5.06. The minimum absolute atomic E-state index is 0.112. The van der Waals surface area contributed by atoms with E-state index in [1.165, 1.54) is 6.26 Å². The monoisotopic (exact) mass is 344 g/mol. The zero-order valence-electron chi connectivity index (χ0n) is 14.7. The molecule has 2 unspecified atom stereocenters. The van der Waals surface area contributed by atoms with Gasteiger partial charge in [0.25, 0.3) is 11.8 Å². The summed E-state index contributed by atoms with van der Waals surface area (Å²) in [5.74, 6) is -0.360. The van der Waals surface area contributed by atoms with Crippen LogP contribution < -0.4 is 10.6 Å². The lowest BCUT2D eigenvalue weighted by atomic mass is 10.0. The van der Waals surface area contributed by atoms with Crippen LogP contribution in [-0.4, -0.2) is 29.6 Å². The Hall–Kier alpha value is -2.60. The second-order valence-electron chi connectivity index (χ2n) is 6.12. The van der Waals surface area contributed by atoms with Gasteiger partial charge in [-0.25, -0.2) is 0 Å². The number of aliphatic hydroxyl groups is 1. The van der Waals surface area contributed by atoms with Crippen LogP contribution in [0, 0.1) is 12.8 Å². The molecular formula is C19H24N2O4. The van der Waals surface area contributed by atoms with Gasteiger partial charge in [0.05, 0.1) is 12.4 Å². The molecule has 0 saturated heterocycles. The van der Waals surface area contributed by atoms with Gasteiger partial charge in [-0.1, -0.05) is 26.3 Å². The summed E-state index contributed by atoms with van der Waals surface area (Å²) in [4.78, 5) is 24.4. The lowest BCUT2D eigenvalue weighted by molar-refractivity contribution is 0.0850. The van der Waals surface area contributed by atoms with Crippen molar-refractivity contribution in [3.8, 4) is 0 Å². The largest absolute Gasteiger partial charge is 0.459 e. The molecule has 6 heteroatoms. The van der Waals surface area contributed by atoms with E-state index in [0.29, 0.717) is 11.3 Å². The summed E-state index contributed by atoms with van der Waals surface area (Å²) in [6.45, 7) is 5.95. The molecule has 0 radical (unpaired) electrons. The topological polar surface area (TPSA) is 91.6 Å². The maximum atomic E-state index is 12.3. The first kappa shape index (κ1) is 18.7. The van der Waals surface area contributed by atoms with Gasteiger partial charge in [0.2, 0.25) is 0 Å². The summed E-state index contributed by atoms with van der Waals surface area (Å²) >= 11 is 0. The molecule has 1 heterocycles. The van der Waals surface area contributed by atoms with Crippen molar-refractivity contribution in [2.45, 2.75) is 33.3 Å². The number of carbonyl (C=O) groups is 2. The number of furan rings is 1. The van der Waals surface area contributed by atoms with Crippen LogP contribution in [0.25, 0.3) is 0 Å². The van der Waals surface area contributed by atoms with Gasteiger partial charge in [0.1, 0.15) is 0 Å². The lowest BCUT2D eigenvalue weighted by Gasteiger charge is -2.17. The van der Waals surface area contributed by atoms with Crippen LogP contribution in [-0.2, 0) is 0 Å². The number of amides is 2. The Labute approximate surface area is 147 Å². The molecule has 0 fully saturated rings. The Balaban J connectivity index is 2.05.